The molecule has 70 valence electrons. The summed E-state index contributed by atoms with van der Waals surface area (Å²) < 4.78 is 0. The van der Waals surface area contributed by atoms with E-state index in [2.05, 4.69) is 6.07 Å². The molecule has 2 atom stereocenters. The van der Waals surface area contributed by atoms with Gasteiger partial charge in [-0.25, -0.2) is 0 Å². The number of aliphatic hydroxyl groups is 2. The zero-order valence-corrected chi connectivity index (χ0v) is 7.48. The van der Waals surface area contributed by atoms with Crippen LogP contribution in [-0.2, 0) is 6.42 Å². The summed E-state index contributed by atoms with van der Waals surface area (Å²) >= 11 is 0. The van der Waals surface area contributed by atoms with Gasteiger partial charge in [0.1, 0.15) is 0 Å². The fourth-order valence-electron chi connectivity index (χ4n) is 2.08. The van der Waals surface area contributed by atoms with Crippen molar-refractivity contribution in [3.05, 3.63) is 35.4 Å². The molecule has 0 heterocycles. The van der Waals surface area contributed by atoms with Crippen molar-refractivity contribution in [3.8, 4) is 0 Å². The molecule has 13 heavy (non-hydrogen) atoms. The van der Waals surface area contributed by atoms with Crippen molar-refractivity contribution in [1.29, 1.82) is 0 Å². The topological polar surface area (TPSA) is 40.5 Å². The zero-order valence-electron chi connectivity index (χ0n) is 7.48. The molecule has 2 heteroatoms. The standard InChI is InChI=1S/C11H14O2/c12-6-5-9-7-8-3-1-2-4-10(8)11(9)13/h1-4,9,11-13H,5-7H2/t9-,11-/m1/s1. The molecule has 1 aliphatic carbocycles. The molecule has 2 rings (SSSR count). The molecule has 0 fully saturated rings. The first-order chi connectivity index (χ1) is 6.33. The lowest BCUT2D eigenvalue weighted by atomic mass is 10.0. The van der Waals surface area contributed by atoms with E-state index in [1.54, 1.807) is 0 Å². The summed E-state index contributed by atoms with van der Waals surface area (Å²) in [5.74, 6) is 0.211. The number of fused-ring (bicyclic) bond motifs is 1. The van der Waals surface area contributed by atoms with Crippen LogP contribution in [0.25, 0.3) is 0 Å². The van der Waals surface area contributed by atoms with E-state index in [1.807, 2.05) is 18.2 Å². The Balaban J connectivity index is 2.22. The first-order valence-electron chi connectivity index (χ1n) is 4.69. The van der Waals surface area contributed by atoms with Crippen LogP contribution in [0, 0.1) is 5.92 Å². The van der Waals surface area contributed by atoms with Crippen molar-refractivity contribution in [1.82, 2.24) is 0 Å². The third-order valence-corrected chi connectivity index (χ3v) is 2.80. The second kappa shape index (κ2) is 3.48. The summed E-state index contributed by atoms with van der Waals surface area (Å²) in [4.78, 5) is 0. The molecular formula is C11H14O2. The van der Waals surface area contributed by atoms with Crippen LogP contribution < -0.4 is 0 Å². The van der Waals surface area contributed by atoms with Crippen molar-refractivity contribution in [2.75, 3.05) is 6.61 Å². The maximum Gasteiger partial charge on any atom is 0.0824 e. The molecule has 0 saturated heterocycles. The maximum atomic E-state index is 9.86. The number of aliphatic hydroxyl groups excluding tert-OH is 2. The van der Waals surface area contributed by atoms with Crippen LogP contribution >= 0.6 is 0 Å². The summed E-state index contributed by atoms with van der Waals surface area (Å²) in [6, 6.07) is 7.96. The molecule has 2 N–H and O–H groups in total. The Morgan fingerprint density at radius 2 is 2.08 bits per heavy atom. The lowest BCUT2D eigenvalue weighted by molar-refractivity contribution is 0.104. The summed E-state index contributed by atoms with van der Waals surface area (Å²) in [6.45, 7) is 0.162. The summed E-state index contributed by atoms with van der Waals surface area (Å²) in [7, 11) is 0. The van der Waals surface area contributed by atoms with Gasteiger partial charge in [-0.05, 0) is 29.9 Å². The normalized spacial score (nSPS) is 26.0. The molecule has 1 aliphatic rings. The van der Waals surface area contributed by atoms with Crippen LogP contribution in [0.3, 0.4) is 0 Å². The third kappa shape index (κ3) is 1.47. The summed E-state index contributed by atoms with van der Waals surface area (Å²) in [5, 5.41) is 18.7. The number of hydrogen-bond acceptors (Lipinski definition) is 2. The molecule has 0 aliphatic heterocycles. The van der Waals surface area contributed by atoms with Crippen LogP contribution in [-0.4, -0.2) is 16.8 Å². The molecule has 0 unspecified atom stereocenters. The van der Waals surface area contributed by atoms with Crippen molar-refractivity contribution < 1.29 is 10.2 Å². The van der Waals surface area contributed by atoms with Gasteiger partial charge < -0.3 is 10.2 Å². The first-order valence-corrected chi connectivity index (χ1v) is 4.69. The fraction of sp³-hybridized carbons (Fsp3) is 0.455. The number of hydrogen-bond donors (Lipinski definition) is 2. The van der Waals surface area contributed by atoms with Gasteiger partial charge in [0.25, 0.3) is 0 Å². The van der Waals surface area contributed by atoms with Gasteiger partial charge in [-0.2, -0.15) is 0 Å². The predicted octanol–water partition coefficient (Wildman–Crippen LogP) is 1.27. The quantitative estimate of drug-likeness (QED) is 0.716. The van der Waals surface area contributed by atoms with Crippen molar-refractivity contribution in [2.24, 2.45) is 5.92 Å². The largest absolute Gasteiger partial charge is 0.396 e. The van der Waals surface area contributed by atoms with Gasteiger partial charge >= 0.3 is 0 Å². The average molecular weight is 178 g/mol. The van der Waals surface area contributed by atoms with Gasteiger partial charge in [-0.15, -0.1) is 0 Å². The minimum Gasteiger partial charge on any atom is -0.396 e. The van der Waals surface area contributed by atoms with Crippen LogP contribution in [0.4, 0.5) is 0 Å². The molecule has 0 aromatic heterocycles. The lowest BCUT2D eigenvalue weighted by Gasteiger charge is -2.12. The third-order valence-electron chi connectivity index (χ3n) is 2.80. The Morgan fingerprint density at radius 3 is 2.77 bits per heavy atom. The van der Waals surface area contributed by atoms with Gasteiger partial charge in [-0.3, -0.25) is 0 Å². The van der Waals surface area contributed by atoms with Gasteiger partial charge in [-0.1, -0.05) is 24.3 Å². The highest BCUT2D eigenvalue weighted by Crippen LogP contribution is 2.37. The van der Waals surface area contributed by atoms with E-state index in [4.69, 9.17) is 5.11 Å². The molecule has 0 amide bonds. The van der Waals surface area contributed by atoms with Crippen molar-refractivity contribution >= 4 is 0 Å². The zero-order chi connectivity index (χ0) is 9.26. The average Bonchev–Trinajstić information content (AvgIpc) is 2.46. The van der Waals surface area contributed by atoms with Crippen LogP contribution in [0.2, 0.25) is 0 Å². The van der Waals surface area contributed by atoms with E-state index in [1.165, 1.54) is 5.56 Å². The van der Waals surface area contributed by atoms with E-state index in [-0.39, 0.29) is 18.6 Å². The highest BCUT2D eigenvalue weighted by molar-refractivity contribution is 5.34. The van der Waals surface area contributed by atoms with Gasteiger partial charge in [0.15, 0.2) is 0 Å². The predicted molar refractivity (Wildman–Crippen MR) is 50.3 cm³/mol. The first kappa shape index (κ1) is 8.73. The molecule has 0 saturated carbocycles. The molecule has 1 aromatic rings. The summed E-state index contributed by atoms with van der Waals surface area (Å²) in [6.07, 6.45) is 1.22. The number of benzene rings is 1. The Morgan fingerprint density at radius 1 is 1.31 bits per heavy atom. The molecule has 1 aromatic carbocycles. The molecule has 0 spiro atoms. The second-order valence-corrected chi connectivity index (χ2v) is 3.62. The molecule has 0 bridgehead atoms. The smallest absolute Gasteiger partial charge is 0.0824 e. The molecule has 2 nitrogen and oxygen atoms in total. The Bertz CT molecular complexity index is 296. The van der Waals surface area contributed by atoms with Crippen LogP contribution in [0.5, 0.6) is 0 Å². The van der Waals surface area contributed by atoms with Gasteiger partial charge in [0.05, 0.1) is 6.10 Å². The van der Waals surface area contributed by atoms with Crippen molar-refractivity contribution in [2.45, 2.75) is 18.9 Å². The van der Waals surface area contributed by atoms with Crippen LogP contribution in [0.15, 0.2) is 24.3 Å². The maximum absolute atomic E-state index is 9.86. The fourth-order valence-corrected chi connectivity index (χ4v) is 2.08. The Labute approximate surface area is 77.8 Å². The monoisotopic (exact) mass is 178 g/mol. The van der Waals surface area contributed by atoms with Gasteiger partial charge in [0.2, 0.25) is 0 Å². The van der Waals surface area contributed by atoms with E-state index in [0.717, 1.165) is 12.0 Å². The van der Waals surface area contributed by atoms with E-state index in [9.17, 15) is 5.11 Å². The van der Waals surface area contributed by atoms with Crippen LogP contribution in [0.1, 0.15) is 23.7 Å². The second-order valence-electron chi connectivity index (χ2n) is 3.62. The lowest BCUT2D eigenvalue weighted by Crippen LogP contribution is -2.08. The highest BCUT2D eigenvalue weighted by Gasteiger charge is 2.29. The minimum atomic E-state index is -0.372. The van der Waals surface area contributed by atoms with E-state index >= 15 is 0 Å². The minimum absolute atomic E-state index is 0.162. The van der Waals surface area contributed by atoms with Crippen molar-refractivity contribution in [3.63, 3.8) is 0 Å². The molecular weight excluding hydrogens is 164 g/mol. The Hall–Kier alpha value is -0.860. The summed E-state index contributed by atoms with van der Waals surface area (Å²) in [5.41, 5.74) is 2.27. The van der Waals surface area contributed by atoms with Gasteiger partial charge in [0, 0.05) is 6.61 Å². The Kier molecular flexibility index (Phi) is 2.34. The SMILES string of the molecule is OCC[C@@H]1Cc2ccccc2[C@@H]1O. The van der Waals surface area contributed by atoms with E-state index < -0.39 is 0 Å². The highest BCUT2D eigenvalue weighted by atomic mass is 16.3. The number of rotatable bonds is 2. The van der Waals surface area contributed by atoms with E-state index in [0.29, 0.717) is 6.42 Å². The molecule has 0 radical (unpaired) electrons.